The zero-order valence-electron chi connectivity index (χ0n) is 8.73. The SMILES string of the molecule is c1cc2c(cc1NC1=NCCCS1)OCO2. The van der Waals surface area contributed by atoms with E-state index in [2.05, 4.69) is 10.3 Å². The van der Waals surface area contributed by atoms with Crippen molar-refractivity contribution in [2.24, 2.45) is 4.99 Å². The van der Waals surface area contributed by atoms with Gasteiger partial charge in [-0.25, -0.2) is 0 Å². The van der Waals surface area contributed by atoms with Crippen molar-refractivity contribution in [2.45, 2.75) is 6.42 Å². The lowest BCUT2D eigenvalue weighted by atomic mass is 10.3. The largest absolute Gasteiger partial charge is 0.454 e. The van der Waals surface area contributed by atoms with Gasteiger partial charge in [0.05, 0.1) is 0 Å². The van der Waals surface area contributed by atoms with Gasteiger partial charge in [-0.1, -0.05) is 11.8 Å². The Morgan fingerprint density at radius 2 is 2.19 bits per heavy atom. The summed E-state index contributed by atoms with van der Waals surface area (Å²) in [6.45, 7) is 1.23. The average molecular weight is 236 g/mol. The van der Waals surface area contributed by atoms with Crippen LogP contribution >= 0.6 is 11.8 Å². The molecule has 0 saturated heterocycles. The number of benzene rings is 1. The molecule has 0 atom stereocenters. The van der Waals surface area contributed by atoms with Crippen LogP contribution in [-0.2, 0) is 0 Å². The van der Waals surface area contributed by atoms with Gasteiger partial charge in [-0.05, 0) is 18.6 Å². The van der Waals surface area contributed by atoms with E-state index in [1.807, 2.05) is 18.2 Å². The highest BCUT2D eigenvalue weighted by Crippen LogP contribution is 2.34. The molecule has 2 aliphatic heterocycles. The van der Waals surface area contributed by atoms with Crippen LogP contribution in [0.3, 0.4) is 0 Å². The van der Waals surface area contributed by atoms with Crippen LogP contribution in [-0.4, -0.2) is 24.3 Å². The molecule has 0 fully saturated rings. The van der Waals surface area contributed by atoms with Gasteiger partial charge >= 0.3 is 0 Å². The maximum atomic E-state index is 5.32. The summed E-state index contributed by atoms with van der Waals surface area (Å²) in [5.74, 6) is 2.74. The van der Waals surface area contributed by atoms with Gasteiger partial charge in [-0.2, -0.15) is 0 Å². The molecule has 0 aliphatic carbocycles. The molecular formula is C11H12N2O2S. The highest BCUT2D eigenvalue weighted by Gasteiger charge is 2.14. The predicted octanol–water partition coefficient (Wildman–Crippen LogP) is 2.32. The standard InChI is InChI=1S/C11H12N2O2S/c1-4-12-11(16-5-1)13-8-2-3-9-10(6-8)15-7-14-9/h2-3,6H,1,4-5,7H2,(H,12,13). The minimum atomic E-state index is 0.314. The summed E-state index contributed by atoms with van der Waals surface area (Å²) < 4.78 is 10.6. The third-order valence-corrected chi connectivity index (χ3v) is 3.42. The van der Waals surface area contributed by atoms with Crippen molar-refractivity contribution in [1.29, 1.82) is 0 Å². The second-order valence-electron chi connectivity index (χ2n) is 3.58. The Morgan fingerprint density at radius 1 is 1.25 bits per heavy atom. The third-order valence-electron chi connectivity index (χ3n) is 2.42. The quantitative estimate of drug-likeness (QED) is 0.812. The van der Waals surface area contributed by atoms with Crippen LogP contribution in [0.5, 0.6) is 11.5 Å². The molecule has 1 aromatic rings. The Morgan fingerprint density at radius 3 is 3.06 bits per heavy atom. The summed E-state index contributed by atoms with van der Waals surface area (Å²) in [5.41, 5.74) is 0.998. The molecule has 4 nitrogen and oxygen atoms in total. The van der Waals surface area contributed by atoms with Crippen LogP contribution in [0.2, 0.25) is 0 Å². The van der Waals surface area contributed by atoms with Crippen molar-refractivity contribution in [1.82, 2.24) is 0 Å². The van der Waals surface area contributed by atoms with Crippen LogP contribution in [0.1, 0.15) is 6.42 Å². The third kappa shape index (κ3) is 1.95. The van der Waals surface area contributed by atoms with E-state index in [1.54, 1.807) is 11.8 Å². The van der Waals surface area contributed by atoms with Gasteiger partial charge in [-0.3, -0.25) is 4.99 Å². The van der Waals surface area contributed by atoms with Gasteiger partial charge < -0.3 is 14.8 Å². The number of ether oxygens (including phenoxy) is 2. The summed E-state index contributed by atoms with van der Waals surface area (Å²) >= 11 is 1.76. The maximum Gasteiger partial charge on any atom is 0.231 e. The Hall–Kier alpha value is -1.36. The number of nitrogens with one attached hydrogen (secondary N) is 1. The number of rotatable bonds is 1. The number of hydrogen-bond acceptors (Lipinski definition) is 5. The molecule has 0 aromatic heterocycles. The molecule has 0 saturated carbocycles. The molecule has 84 valence electrons. The van der Waals surface area contributed by atoms with Gasteiger partial charge in [-0.15, -0.1) is 0 Å². The van der Waals surface area contributed by atoms with E-state index in [0.29, 0.717) is 6.79 Å². The first-order valence-corrected chi connectivity index (χ1v) is 6.24. The molecule has 1 N–H and O–H groups in total. The Labute approximate surface area is 98.0 Å². The predicted molar refractivity (Wildman–Crippen MR) is 65.6 cm³/mol. The van der Waals surface area contributed by atoms with Crippen molar-refractivity contribution < 1.29 is 9.47 Å². The number of nitrogens with zero attached hydrogens (tertiary/aromatic N) is 1. The van der Waals surface area contributed by atoms with E-state index in [-0.39, 0.29) is 0 Å². The van der Waals surface area contributed by atoms with E-state index in [1.165, 1.54) is 0 Å². The molecule has 0 amide bonds. The smallest absolute Gasteiger partial charge is 0.231 e. The molecule has 1 aromatic carbocycles. The monoisotopic (exact) mass is 236 g/mol. The minimum Gasteiger partial charge on any atom is -0.454 e. The second kappa shape index (κ2) is 4.25. The van der Waals surface area contributed by atoms with E-state index in [9.17, 15) is 0 Å². The summed E-state index contributed by atoms with van der Waals surface area (Å²) in [6, 6.07) is 5.84. The minimum absolute atomic E-state index is 0.314. The first-order valence-electron chi connectivity index (χ1n) is 5.26. The van der Waals surface area contributed by atoms with E-state index < -0.39 is 0 Å². The molecule has 0 radical (unpaired) electrons. The van der Waals surface area contributed by atoms with Crippen LogP contribution in [0.4, 0.5) is 5.69 Å². The number of amidine groups is 1. The Balaban J connectivity index is 1.77. The van der Waals surface area contributed by atoms with Crippen molar-refractivity contribution in [3.8, 4) is 11.5 Å². The highest BCUT2D eigenvalue weighted by atomic mass is 32.2. The zero-order valence-corrected chi connectivity index (χ0v) is 9.55. The summed E-state index contributed by atoms with van der Waals surface area (Å²) in [7, 11) is 0. The Bertz CT molecular complexity index is 434. The fourth-order valence-electron chi connectivity index (χ4n) is 1.63. The van der Waals surface area contributed by atoms with Crippen LogP contribution in [0.25, 0.3) is 0 Å². The highest BCUT2D eigenvalue weighted by molar-refractivity contribution is 8.14. The molecule has 16 heavy (non-hydrogen) atoms. The van der Waals surface area contributed by atoms with E-state index in [0.717, 1.165) is 41.1 Å². The molecule has 0 unspecified atom stereocenters. The molecule has 5 heteroatoms. The molecule has 2 aliphatic rings. The number of aliphatic imine (C=N–C) groups is 1. The fourth-order valence-corrected chi connectivity index (χ4v) is 2.47. The van der Waals surface area contributed by atoms with E-state index in [4.69, 9.17) is 9.47 Å². The lowest BCUT2D eigenvalue weighted by Crippen LogP contribution is -2.13. The number of fused-ring (bicyclic) bond motifs is 1. The summed E-state index contributed by atoms with van der Waals surface area (Å²) in [6.07, 6.45) is 1.16. The topological polar surface area (TPSA) is 42.9 Å². The molecular weight excluding hydrogens is 224 g/mol. The van der Waals surface area contributed by atoms with Crippen molar-refractivity contribution in [3.05, 3.63) is 18.2 Å². The van der Waals surface area contributed by atoms with Crippen LogP contribution in [0.15, 0.2) is 23.2 Å². The molecule has 0 spiro atoms. The van der Waals surface area contributed by atoms with Crippen molar-refractivity contribution in [2.75, 3.05) is 24.4 Å². The first-order chi connectivity index (χ1) is 7.92. The molecule has 2 heterocycles. The lowest BCUT2D eigenvalue weighted by Gasteiger charge is -2.13. The maximum absolute atomic E-state index is 5.32. The Kier molecular flexibility index (Phi) is 2.61. The lowest BCUT2D eigenvalue weighted by molar-refractivity contribution is 0.174. The molecule has 0 bridgehead atoms. The summed E-state index contributed by atoms with van der Waals surface area (Å²) in [5, 5.41) is 4.28. The van der Waals surface area contributed by atoms with Crippen molar-refractivity contribution in [3.63, 3.8) is 0 Å². The summed E-state index contributed by atoms with van der Waals surface area (Å²) in [4.78, 5) is 4.41. The normalized spacial score (nSPS) is 18.1. The van der Waals surface area contributed by atoms with Crippen molar-refractivity contribution >= 4 is 22.6 Å². The average Bonchev–Trinajstić information content (AvgIpc) is 2.77. The fraction of sp³-hybridized carbons (Fsp3) is 0.364. The van der Waals surface area contributed by atoms with Gasteiger partial charge in [0, 0.05) is 24.1 Å². The molecule has 3 rings (SSSR count). The first kappa shape index (κ1) is 9.84. The van der Waals surface area contributed by atoms with Gasteiger partial charge in [0.1, 0.15) is 0 Å². The van der Waals surface area contributed by atoms with Gasteiger partial charge in [0.2, 0.25) is 6.79 Å². The number of thioether (sulfide) groups is 1. The van der Waals surface area contributed by atoms with E-state index >= 15 is 0 Å². The van der Waals surface area contributed by atoms with Crippen LogP contribution in [0, 0.1) is 0 Å². The number of anilines is 1. The van der Waals surface area contributed by atoms with Gasteiger partial charge in [0.15, 0.2) is 16.7 Å². The van der Waals surface area contributed by atoms with Crippen LogP contribution < -0.4 is 14.8 Å². The number of hydrogen-bond donors (Lipinski definition) is 1. The van der Waals surface area contributed by atoms with Gasteiger partial charge in [0.25, 0.3) is 0 Å². The zero-order chi connectivity index (χ0) is 10.8. The second-order valence-corrected chi connectivity index (χ2v) is 4.67.